The van der Waals surface area contributed by atoms with Crippen molar-refractivity contribution < 1.29 is 14.3 Å². The van der Waals surface area contributed by atoms with Gasteiger partial charge >= 0.3 is 5.97 Å². The number of carbonyl (C=O) groups is 2. The van der Waals surface area contributed by atoms with E-state index in [4.69, 9.17) is 4.74 Å². The van der Waals surface area contributed by atoms with E-state index < -0.39 is 11.9 Å². The summed E-state index contributed by atoms with van der Waals surface area (Å²) in [7, 11) is 0. The van der Waals surface area contributed by atoms with Crippen molar-refractivity contribution in [3.8, 4) is 0 Å². The van der Waals surface area contributed by atoms with Gasteiger partial charge in [0.25, 0.3) is 5.56 Å². The molecule has 0 unspecified atom stereocenters. The van der Waals surface area contributed by atoms with Crippen molar-refractivity contribution in [1.29, 1.82) is 0 Å². The highest BCUT2D eigenvalue weighted by Crippen LogP contribution is 2.27. The first kappa shape index (κ1) is 21.4. The van der Waals surface area contributed by atoms with Crippen molar-refractivity contribution in [2.75, 3.05) is 11.9 Å². The fourth-order valence-electron chi connectivity index (χ4n) is 3.21. The lowest BCUT2D eigenvalue weighted by atomic mass is 10.2. The van der Waals surface area contributed by atoms with E-state index in [1.807, 2.05) is 30.3 Å². The molecule has 0 aliphatic carbocycles. The molecule has 0 saturated carbocycles. The molecule has 8 nitrogen and oxygen atoms in total. The van der Waals surface area contributed by atoms with Crippen LogP contribution >= 0.6 is 11.3 Å². The Kier molecular flexibility index (Phi) is 6.37. The van der Waals surface area contributed by atoms with Crippen LogP contribution in [-0.2, 0) is 22.5 Å². The maximum Gasteiger partial charge on any atom is 0.348 e. The van der Waals surface area contributed by atoms with E-state index >= 15 is 0 Å². The number of ether oxygens (including phenoxy) is 1. The third kappa shape index (κ3) is 4.73. The van der Waals surface area contributed by atoms with Gasteiger partial charge in [-0.3, -0.25) is 14.2 Å². The Morgan fingerprint density at radius 2 is 1.88 bits per heavy atom. The van der Waals surface area contributed by atoms with Crippen LogP contribution in [0.3, 0.4) is 0 Å². The summed E-state index contributed by atoms with van der Waals surface area (Å²) in [4.78, 5) is 46.9. The van der Waals surface area contributed by atoms with Crippen molar-refractivity contribution in [2.45, 2.75) is 19.9 Å². The number of hydrogen-bond donors (Lipinski definition) is 1. The number of rotatable bonds is 7. The molecule has 1 amide bonds. The highest BCUT2D eigenvalue weighted by Gasteiger charge is 2.21. The molecule has 0 aliphatic rings. The first-order chi connectivity index (χ1) is 15.5. The molecule has 162 valence electrons. The zero-order valence-electron chi connectivity index (χ0n) is 17.3. The molecule has 0 atom stereocenters. The summed E-state index contributed by atoms with van der Waals surface area (Å²) < 4.78 is 6.62. The Hall–Kier alpha value is -3.85. The molecule has 4 aromatic rings. The van der Waals surface area contributed by atoms with E-state index in [-0.39, 0.29) is 18.7 Å². The lowest BCUT2D eigenvalue weighted by molar-refractivity contribution is -0.116. The van der Waals surface area contributed by atoms with Crippen LogP contribution in [0, 0.1) is 6.92 Å². The van der Waals surface area contributed by atoms with Gasteiger partial charge in [0.05, 0.1) is 18.3 Å². The minimum atomic E-state index is -0.486. The van der Waals surface area contributed by atoms with Gasteiger partial charge < -0.3 is 10.1 Å². The largest absolute Gasteiger partial charge is 0.461 e. The zero-order valence-corrected chi connectivity index (χ0v) is 18.1. The highest BCUT2D eigenvalue weighted by molar-refractivity contribution is 7.20. The number of anilines is 1. The molecule has 1 N–H and O–H groups in total. The van der Waals surface area contributed by atoms with Gasteiger partial charge in [0.2, 0.25) is 5.91 Å². The third-order valence-electron chi connectivity index (χ3n) is 4.82. The lowest BCUT2D eigenvalue weighted by Gasteiger charge is -2.06. The molecule has 0 radical (unpaired) electrons. The number of amides is 1. The van der Waals surface area contributed by atoms with Crippen LogP contribution in [0.1, 0.15) is 20.8 Å². The Labute approximate surface area is 187 Å². The predicted molar refractivity (Wildman–Crippen MR) is 122 cm³/mol. The first-order valence-corrected chi connectivity index (χ1v) is 10.7. The zero-order chi connectivity index (χ0) is 22.5. The van der Waals surface area contributed by atoms with Crippen LogP contribution in [-0.4, -0.2) is 33.0 Å². The van der Waals surface area contributed by atoms with Gasteiger partial charge in [-0.05, 0) is 30.2 Å². The second-order valence-corrected chi connectivity index (χ2v) is 8.05. The molecule has 1 aromatic carbocycles. The van der Waals surface area contributed by atoms with Crippen LogP contribution in [0.5, 0.6) is 0 Å². The minimum absolute atomic E-state index is 0.218. The van der Waals surface area contributed by atoms with Crippen molar-refractivity contribution in [3.63, 3.8) is 0 Å². The Bertz CT molecular complexity index is 1320. The number of hydrogen-bond acceptors (Lipinski definition) is 7. The van der Waals surface area contributed by atoms with E-state index in [2.05, 4.69) is 15.3 Å². The maximum atomic E-state index is 13.0. The molecule has 4 rings (SSSR count). The van der Waals surface area contributed by atoms with E-state index in [1.54, 1.807) is 31.3 Å². The number of aryl methyl sites for hydroxylation is 1. The molecule has 3 heterocycles. The normalized spacial score (nSPS) is 10.8. The number of esters is 1. The van der Waals surface area contributed by atoms with Gasteiger partial charge in [0.15, 0.2) is 0 Å². The predicted octanol–water partition coefficient (Wildman–Crippen LogP) is 3.20. The van der Waals surface area contributed by atoms with Crippen molar-refractivity contribution in [3.05, 3.63) is 87.4 Å². The van der Waals surface area contributed by atoms with Crippen LogP contribution in [0.4, 0.5) is 5.82 Å². The summed E-state index contributed by atoms with van der Waals surface area (Å²) in [5, 5.41) is 2.95. The molecule has 9 heteroatoms. The Morgan fingerprint density at radius 3 is 2.62 bits per heavy atom. The van der Waals surface area contributed by atoms with Gasteiger partial charge in [0.1, 0.15) is 22.1 Å². The molecular formula is C23H20N4O4S. The third-order valence-corrected chi connectivity index (χ3v) is 6.00. The monoisotopic (exact) mass is 448 g/mol. The fraction of sp³-hybridized carbons (Fsp3) is 0.174. The minimum Gasteiger partial charge on any atom is -0.461 e. The van der Waals surface area contributed by atoms with Gasteiger partial charge in [-0.1, -0.05) is 36.4 Å². The molecule has 0 aliphatic heterocycles. The smallest absolute Gasteiger partial charge is 0.348 e. The number of nitrogens with zero attached hydrogens (tertiary/aromatic N) is 3. The lowest BCUT2D eigenvalue weighted by Crippen LogP contribution is -2.28. The van der Waals surface area contributed by atoms with Crippen molar-refractivity contribution >= 4 is 39.2 Å². The average Bonchev–Trinajstić information content (AvgIpc) is 3.14. The van der Waals surface area contributed by atoms with E-state index in [0.29, 0.717) is 32.9 Å². The van der Waals surface area contributed by atoms with Gasteiger partial charge in [0, 0.05) is 12.6 Å². The average molecular weight is 449 g/mol. The fourth-order valence-corrected chi connectivity index (χ4v) is 4.25. The van der Waals surface area contributed by atoms with E-state index in [1.165, 1.54) is 10.9 Å². The summed E-state index contributed by atoms with van der Waals surface area (Å²) >= 11 is 1.11. The Morgan fingerprint density at radius 1 is 1.09 bits per heavy atom. The number of benzene rings is 1. The molecule has 32 heavy (non-hydrogen) atoms. The van der Waals surface area contributed by atoms with Crippen molar-refractivity contribution in [1.82, 2.24) is 14.5 Å². The number of fused-ring (bicyclic) bond motifs is 1. The molecule has 0 spiro atoms. The van der Waals surface area contributed by atoms with Crippen LogP contribution in [0.15, 0.2) is 65.8 Å². The van der Waals surface area contributed by atoms with Crippen molar-refractivity contribution in [2.24, 2.45) is 0 Å². The SMILES string of the molecule is Cc1c(C(=O)OCCc2ccccc2)sc2ncn(CC(=O)Nc3ccccn3)c(=O)c12. The number of thiophene rings is 1. The number of aromatic nitrogens is 3. The van der Waals surface area contributed by atoms with Gasteiger partial charge in [-0.2, -0.15) is 0 Å². The second-order valence-electron chi connectivity index (χ2n) is 7.05. The highest BCUT2D eigenvalue weighted by atomic mass is 32.1. The Balaban J connectivity index is 1.48. The molecular weight excluding hydrogens is 428 g/mol. The number of nitrogens with one attached hydrogen (secondary N) is 1. The molecule has 3 aromatic heterocycles. The van der Waals surface area contributed by atoms with Crippen LogP contribution in [0.2, 0.25) is 0 Å². The van der Waals surface area contributed by atoms with E-state index in [0.717, 1.165) is 16.9 Å². The topological polar surface area (TPSA) is 103 Å². The first-order valence-electron chi connectivity index (χ1n) is 9.93. The van der Waals surface area contributed by atoms with Crippen LogP contribution < -0.4 is 10.9 Å². The summed E-state index contributed by atoms with van der Waals surface area (Å²) in [6.45, 7) is 1.71. The second kappa shape index (κ2) is 9.52. The molecule has 0 fully saturated rings. The standard InChI is InChI=1S/C23H20N4O4S/c1-15-19-21(32-20(15)23(30)31-12-10-16-7-3-2-4-8-16)25-14-27(22(19)29)13-18(28)26-17-9-5-6-11-24-17/h2-9,11,14H,10,12-13H2,1H3,(H,24,26,28). The summed E-state index contributed by atoms with van der Waals surface area (Å²) in [6.07, 6.45) is 3.47. The molecule has 0 saturated heterocycles. The summed E-state index contributed by atoms with van der Waals surface area (Å²) in [5.74, 6) is -0.493. The van der Waals surface area contributed by atoms with Crippen LogP contribution in [0.25, 0.3) is 10.2 Å². The number of pyridine rings is 1. The summed E-state index contributed by atoms with van der Waals surface area (Å²) in [5.41, 5.74) is 1.19. The summed E-state index contributed by atoms with van der Waals surface area (Å²) in [6, 6.07) is 14.9. The maximum absolute atomic E-state index is 13.0. The molecule has 0 bridgehead atoms. The quantitative estimate of drug-likeness (QED) is 0.436. The van der Waals surface area contributed by atoms with Gasteiger partial charge in [-0.25, -0.2) is 14.8 Å². The van der Waals surface area contributed by atoms with E-state index in [9.17, 15) is 14.4 Å². The van der Waals surface area contributed by atoms with Gasteiger partial charge in [-0.15, -0.1) is 11.3 Å². The number of carbonyl (C=O) groups excluding carboxylic acids is 2.